The molecule has 9 heteroatoms. The van der Waals surface area contributed by atoms with Gasteiger partial charge >= 0.3 is 0 Å². The lowest BCUT2D eigenvalue weighted by molar-refractivity contribution is -0.117. The summed E-state index contributed by atoms with van der Waals surface area (Å²) in [7, 11) is 1.57. The summed E-state index contributed by atoms with van der Waals surface area (Å²) in [5, 5.41) is 5.46. The maximum atomic E-state index is 13.1. The van der Waals surface area contributed by atoms with Gasteiger partial charge in [-0.1, -0.05) is 16.8 Å². The van der Waals surface area contributed by atoms with Crippen LogP contribution in [-0.2, 0) is 11.3 Å². The number of rotatable bonds is 6. The number of ether oxygens (including phenoxy) is 1. The van der Waals surface area contributed by atoms with Crippen LogP contribution in [0.4, 0.5) is 5.69 Å². The van der Waals surface area contributed by atoms with Crippen molar-refractivity contribution in [2.24, 2.45) is 0 Å². The van der Waals surface area contributed by atoms with Crippen LogP contribution in [-0.4, -0.2) is 27.7 Å². The fraction of sp³-hybridized carbons (Fsp3) is 0.222. The van der Waals surface area contributed by atoms with Crippen LogP contribution in [0.5, 0.6) is 5.75 Å². The molecule has 0 aliphatic carbocycles. The number of imidazole rings is 1. The molecule has 0 N–H and O–H groups in total. The Bertz CT molecular complexity index is 1570. The van der Waals surface area contributed by atoms with E-state index in [0.717, 1.165) is 39.3 Å². The highest BCUT2D eigenvalue weighted by Gasteiger charge is 2.37. The molecule has 0 radical (unpaired) electrons. The molecule has 36 heavy (non-hydrogen) atoms. The molecular formula is C27H23ClN4O4. The molecule has 1 atom stereocenters. The first-order valence-corrected chi connectivity index (χ1v) is 12.0. The molecule has 0 unspecified atom stereocenters. The maximum absolute atomic E-state index is 13.1. The molecule has 5 aromatic rings. The van der Waals surface area contributed by atoms with Crippen molar-refractivity contribution in [1.29, 1.82) is 0 Å². The summed E-state index contributed by atoms with van der Waals surface area (Å²) in [5.74, 6) is 1.39. The number of benzene rings is 2. The second kappa shape index (κ2) is 8.87. The van der Waals surface area contributed by atoms with Gasteiger partial charge in [-0.15, -0.1) is 0 Å². The quantitative estimate of drug-likeness (QED) is 0.276. The summed E-state index contributed by atoms with van der Waals surface area (Å²) < 4.78 is 18.0. The van der Waals surface area contributed by atoms with E-state index in [1.54, 1.807) is 36.7 Å². The molecule has 1 saturated heterocycles. The maximum Gasteiger partial charge on any atom is 0.227 e. The predicted molar refractivity (Wildman–Crippen MR) is 135 cm³/mol. The lowest BCUT2D eigenvalue weighted by atomic mass is 10.1. The normalized spacial score (nSPS) is 15.8. The molecule has 1 amide bonds. The van der Waals surface area contributed by atoms with Crippen LogP contribution in [0.25, 0.3) is 22.2 Å². The topological polar surface area (TPSA) is 86.5 Å². The predicted octanol–water partition coefficient (Wildman–Crippen LogP) is 6.17. The molecule has 3 aromatic heterocycles. The zero-order valence-corrected chi connectivity index (χ0v) is 20.5. The third-order valence-electron chi connectivity index (χ3n) is 6.61. The Labute approximate surface area is 212 Å². The number of carbonyl (C=O) groups excluding carboxylic acids is 1. The number of furan rings is 1. The summed E-state index contributed by atoms with van der Waals surface area (Å²) in [5.41, 5.74) is 5.04. The Hall–Kier alpha value is -4.04. The number of carbonyl (C=O) groups is 1. The van der Waals surface area contributed by atoms with E-state index in [2.05, 4.69) is 9.72 Å². The van der Waals surface area contributed by atoms with E-state index in [4.69, 9.17) is 30.3 Å². The monoisotopic (exact) mass is 502 g/mol. The average molecular weight is 503 g/mol. The Morgan fingerprint density at radius 1 is 1.19 bits per heavy atom. The molecule has 1 aliphatic rings. The highest BCUT2D eigenvalue weighted by molar-refractivity contribution is 6.32. The third kappa shape index (κ3) is 3.83. The molecule has 1 aliphatic heterocycles. The van der Waals surface area contributed by atoms with Gasteiger partial charge < -0.3 is 23.1 Å². The van der Waals surface area contributed by atoms with Crippen LogP contribution in [0.1, 0.15) is 36.0 Å². The van der Waals surface area contributed by atoms with Crippen molar-refractivity contribution in [2.45, 2.75) is 32.4 Å². The Balaban J connectivity index is 1.45. The van der Waals surface area contributed by atoms with Crippen molar-refractivity contribution in [3.63, 3.8) is 0 Å². The van der Waals surface area contributed by atoms with Crippen LogP contribution < -0.4 is 9.64 Å². The van der Waals surface area contributed by atoms with Crippen LogP contribution in [0.15, 0.2) is 70.1 Å². The van der Waals surface area contributed by atoms with E-state index in [1.807, 2.05) is 43.5 Å². The van der Waals surface area contributed by atoms with Gasteiger partial charge in [-0.2, -0.15) is 0 Å². The van der Waals surface area contributed by atoms with E-state index in [9.17, 15) is 4.79 Å². The third-order valence-corrected chi connectivity index (χ3v) is 6.91. The number of anilines is 1. The second-order valence-electron chi connectivity index (χ2n) is 8.86. The van der Waals surface area contributed by atoms with Crippen LogP contribution in [0.2, 0.25) is 5.02 Å². The summed E-state index contributed by atoms with van der Waals surface area (Å²) in [6, 6.07) is 13.0. The molecule has 0 spiro atoms. The van der Waals surface area contributed by atoms with Crippen molar-refractivity contribution in [1.82, 2.24) is 14.7 Å². The number of hydrogen-bond donors (Lipinski definition) is 0. The molecular weight excluding hydrogens is 480 g/mol. The zero-order chi connectivity index (χ0) is 24.8. The largest absolute Gasteiger partial charge is 0.495 e. The second-order valence-corrected chi connectivity index (χ2v) is 9.27. The van der Waals surface area contributed by atoms with Crippen molar-refractivity contribution in [3.05, 3.63) is 83.3 Å². The van der Waals surface area contributed by atoms with Gasteiger partial charge in [0.05, 0.1) is 48.6 Å². The Morgan fingerprint density at radius 2 is 2.08 bits per heavy atom. The number of nitrogens with zero attached hydrogens (tertiary/aromatic N) is 4. The summed E-state index contributed by atoms with van der Waals surface area (Å²) in [4.78, 5) is 19.9. The zero-order valence-electron chi connectivity index (χ0n) is 19.8. The van der Waals surface area contributed by atoms with E-state index in [0.29, 0.717) is 35.8 Å². The summed E-state index contributed by atoms with van der Waals surface area (Å²) in [6.07, 6.45) is 6.47. The lowest BCUT2D eigenvalue weighted by Gasteiger charge is -2.25. The summed E-state index contributed by atoms with van der Waals surface area (Å²) >= 11 is 6.40. The smallest absolute Gasteiger partial charge is 0.227 e. The van der Waals surface area contributed by atoms with E-state index in [-0.39, 0.29) is 11.9 Å². The van der Waals surface area contributed by atoms with Gasteiger partial charge in [0.25, 0.3) is 0 Å². The standard InChI is InChI=1S/C27H23ClN4O4/c1-16-20-11-18(3-6-24(20)36-30-16)22-14-31(13-17-9-10-35-15-17)27(29-22)23-5-8-26(33)32(23)19-4-7-25(34-2)21(28)12-19/h3-4,6-7,9-12,14-15,23H,5,8,13H2,1-2H3/t23-/m0/s1. The van der Waals surface area contributed by atoms with E-state index in [1.165, 1.54) is 0 Å². The Morgan fingerprint density at radius 3 is 2.86 bits per heavy atom. The molecule has 0 bridgehead atoms. The van der Waals surface area contributed by atoms with Gasteiger partial charge in [0.1, 0.15) is 11.6 Å². The van der Waals surface area contributed by atoms with Gasteiger partial charge in [-0.05, 0) is 55.8 Å². The molecule has 1 fully saturated rings. The van der Waals surface area contributed by atoms with Crippen molar-refractivity contribution < 1.29 is 18.5 Å². The first kappa shape index (κ1) is 22.4. The average Bonchev–Trinajstić information content (AvgIpc) is 3.67. The number of aromatic nitrogens is 3. The van der Waals surface area contributed by atoms with Crippen LogP contribution >= 0.6 is 11.6 Å². The van der Waals surface area contributed by atoms with Crippen LogP contribution in [0.3, 0.4) is 0 Å². The number of hydrogen-bond acceptors (Lipinski definition) is 6. The van der Waals surface area contributed by atoms with Gasteiger partial charge in [0, 0.05) is 34.8 Å². The first-order valence-electron chi connectivity index (χ1n) is 11.6. The molecule has 182 valence electrons. The fourth-order valence-electron chi connectivity index (χ4n) is 4.82. The SMILES string of the molecule is COc1ccc(N2C(=O)CC[C@H]2c2nc(-c3ccc4onc(C)c4c3)cn2Cc2ccoc2)cc1Cl. The first-order chi connectivity index (χ1) is 17.5. The molecule has 0 saturated carbocycles. The number of methoxy groups -OCH3 is 1. The van der Waals surface area contributed by atoms with E-state index < -0.39 is 0 Å². The number of fused-ring (bicyclic) bond motifs is 1. The minimum absolute atomic E-state index is 0.0298. The number of halogens is 1. The van der Waals surface area contributed by atoms with Crippen molar-refractivity contribution in [2.75, 3.05) is 12.0 Å². The van der Waals surface area contributed by atoms with Gasteiger partial charge in [0.2, 0.25) is 5.91 Å². The number of amides is 1. The molecule has 2 aromatic carbocycles. The van der Waals surface area contributed by atoms with Gasteiger partial charge in [0.15, 0.2) is 5.58 Å². The van der Waals surface area contributed by atoms with Crippen molar-refractivity contribution >= 4 is 34.2 Å². The fourth-order valence-corrected chi connectivity index (χ4v) is 5.07. The molecule has 6 rings (SSSR count). The number of aryl methyl sites for hydroxylation is 1. The highest BCUT2D eigenvalue weighted by Crippen LogP contribution is 2.40. The minimum atomic E-state index is -0.247. The Kier molecular flexibility index (Phi) is 5.53. The van der Waals surface area contributed by atoms with E-state index >= 15 is 0 Å². The van der Waals surface area contributed by atoms with Gasteiger partial charge in [-0.3, -0.25) is 4.79 Å². The lowest BCUT2D eigenvalue weighted by Crippen LogP contribution is -2.29. The van der Waals surface area contributed by atoms with Crippen molar-refractivity contribution in [3.8, 4) is 17.0 Å². The summed E-state index contributed by atoms with van der Waals surface area (Å²) in [6.45, 7) is 2.48. The van der Waals surface area contributed by atoms with Gasteiger partial charge in [-0.25, -0.2) is 4.98 Å². The molecule has 8 nitrogen and oxygen atoms in total. The highest BCUT2D eigenvalue weighted by atomic mass is 35.5. The minimum Gasteiger partial charge on any atom is -0.495 e. The van der Waals surface area contributed by atoms with Crippen LogP contribution in [0, 0.1) is 6.92 Å². The molecule has 4 heterocycles.